The van der Waals surface area contributed by atoms with E-state index >= 15 is 0 Å². The number of carbonyl (C=O) groups excluding carboxylic acids is 1. The predicted octanol–water partition coefficient (Wildman–Crippen LogP) is 1.99. The van der Waals surface area contributed by atoms with Gasteiger partial charge >= 0.3 is 0 Å². The lowest BCUT2D eigenvalue weighted by atomic mass is 9.94. The average Bonchev–Trinajstić information content (AvgIpc) is 2.30. The topological polar surface area (TPSA) is 23.6 Å². The van der Waals surface area contributed by atoms with Crippen molar-refractivity contribution in [3.05, 3.63) is 0 Å². The summed E-state index contributed by atoms with van der Waals surface area (Å²) < 4.78 is 0. The Balaban J connectivity index is 1.79. The molecule has 1 aliphatic carbocycles. The Morgan fingerprint density at radius 2 is 1.60 bits per heavy atom. The Kier molecular flexibility index (Phi) is 3.92. The third-order valence-electron chi connectivity index (χ3n) is 3.68. The first-order valence-corrected chi connectivity index (χ1v) is 6.44. The fraction of sp³-hybridized carbons (Fsp3) is 0.909. The second-order valence-corrected chi connectivity index (χ2v) is 4.98. The second-order valence-electron chi connectivity index (χ2n) is 4.60. The number of piperazine rings is 1. The van der Waals surface area contributed by atoms with Gasteiger partial charge in [0.2, 0.25) is 0 Å². The predicted molar refractivity (Wildman–Crippen MR) is 64.4 cm³/mol. The molecular weight excluding hydrogens is 208 g/mol. The van der Waals surface area contributed by atoms with Gasteiger partial charge in [-0.1, -0.05) is 31.9 Å². The molecule has 0 aromatic heterocycles. The molecule has 86 valence electrons. The monoisotopic (exact) mass is 228 g/mol. The maximum atomic E-state index is 11.1. The van der Waals surface area contributed by atoms with Crippen LogP contribution in [-0.2, 0) is 0 Å². The van der Waals surface area contributed by atoms with E-state index < -0.39 is 0 Å². The van der Waals surface area contributed by atoms with Crippen molar-refractivity contribution < 1.29 is 4.79 Å². The van der Waals surface area contributed by atoms with Gasteiger partial charge in [0.1, 0.15) is 0 Å². The number of hydrogen-bond acceptors (Lipinski definition) is 2. The highest BCUT2D eigenvalue weighted by atomic mass is 32.1. The average molecular weight is 228 g/mol. The minimum atomic E-state index is -0.0710. The third-order valence-corrected chi connectivity index (χ3v) is 3.96. The largest absolute Gasteiger partial charge is 0.331 e. The Morgan fingerprint density at radius 3 is 2.13 bits per heavy atom. The van der Waals surface area contributed by atoms with Gasteiger partial charge in [0.05, 0.1) is 0 Å². The number of thiol groups is 1. The molecule has 1 heterocycles. The van der Waals surface area contributed by atoms with E-state index in [1.54, 1.807) is 0 Å². The summed E-state index contributed by atoms with van der Waals surface area (Å²) in [6.45, 7) is 3.80. The van der Waals surface area contributed by atoms with Crippen LogP contribution in [0.1, 0.15) is 32.1 Å². The molecule has 0 spiro atoms. The van der Waals surface area contributed by atoms with Gasteiger partial charge in [0.15, 0.2) is 0 Å². The van der Waals surface area contributed by atoms with E-state index in [1.807, 2.05) is 4.90 Å². The normalized spacial score (nSPS) is 25.5. The van der Waals surface area contributed by atoms with Crippen molar-refractivity contribution in [3.63, 3.8) is 0 Å². The molecule has 0 radical (unpaired) electrons. The van der Waals surface area contributed by atoms with Crippen molar-refractivity contribution >= 4 is 17.9 Å². The lowest BCUT2D eigenvalue weighted by Gasteiger charge is -2.40. The first-order chi connectivity index (χ1) is 7.27. The van der Waals surface area contributed by atoms with E-state index in [1.165, 1.54) is 32.1 Å². The number of nitrogens with zero attached hydrogens (tertiary/aromatic N) is 2. The van der Waals surface area contributed by atoms with Crippen LogP contribution in [0.5, 0.6) is 0 Å². The van der Waals surface area contributed by atoms with Gasteiger partial charge in [-0.25, -0.2) is 0 Å². The maximum absolute atomic E-state index is 11.1. The van der Waals surface area contributed by atoms with E-state index in [0.29, 0.717) is 0 Å². The smallest absolute Gasteiger partial charge is 0.278 e. The fourth-order valence-corrected chi connectivity index (χ4v) is 2.92. The minimum absolute atomic E-state index is 0.0710. The Morgan fingerprint density at radius 1 is 1.00 bits per heavy atom. The van der Waals surface area contributed by atoms with Crippen molar-refractivity contribution in [3.8, 4) is 0 Å². The zero-order valence-corrected chi connectivity index (χ0v) is 10.1. The fourth-order valence-electron chi connectivity index (χ4n) is 2.72. The minimum Gasteiger partial charge on any atom is -0.331 e. The van der Waals surface area contributed by atoms with Crippen molar-refractivity contribution in [1.29, 1.82) is 0 Å². The molecule has 0 atom stereocenters. The number of amides is 1. The Bertz CT molecular complexity index is 221. The van der Waals surface area contributed by atoms with E-state index in [4.69, 9.17) is 0 Å². The van der Waals surface area contributed by atoms with Crippen LogP contribution < -0.4 is 0 Å². The van der Waals surface area contributed by atoms with Crippen LogP contribution in [0.3, 0.4) is 0 Å². The summed E-state index contributed by atoms with van der Waals surface area (Å²) in [6.07, 6.45) is 6.89. The summed E-state index contributed by atoms with van der Waals surface area (Å²) in [5.41, 5.74) is 0. The summed E-state index contributed by atoms with van der Waals surface area (Å²) >= 11 is 3.87. The molecule has 0 bridgehead atoms. The molecule has 0 unspecified atom stereocenters. The summed E-state index contributed by atoms with van der Waals surface area (Å²) in [4.78, 5) is 15.5. The zero-order chi connectivity index (χ0) is 10.7. The van der Waals surface area contributed by atoms with E-state index in [0.717, 1.165) is 32.2 Å². The molecule has 1 saturated heterocycles. The molecule has 3 nitrogen and oxygen atoms in total. The molecule has 1 aliphatic heterocycles. The summed E-state index contributed by atoms with van der Waals surface area (Å²) in [5.74, 6) is 0. The molecule has 15 heavy (non-hydrogen) atoms. The maximum Gasteiger partial charge on any atom is 0.278 e. The lowest BCUT2D eigenvalue weighted by Crippen LogP contribution is -2.51. The number of hydrogen-bond donors (Lipinski definition) is 1. The summed E-state index contributed by atoms with van der Waals surface area (Å²) in [7, 11) is 0. The van der Waals surface area contributed by atoms with Gasteiger partial charge in [-0.05, 0) is 12.8 Å². The van der Waals surface area contributed by atoms with E-state index in [-0.39, 0.29) is 5.24 Å². The highest BCUT2D eigenvalue weighted by molar-refractivity contribution is 7.96. The van der Waals surface area contributed by atoms with E-state index in [2.05, 4.69) is 17.5 Å². The van der Waals surface area contributed by atoms with Crippen LogP contribution in [0, 0.1) is 0 Å². The third kappa shape index (κ3) is 2.88. The van der Waals surface area contributed by atoms with Crippen molar-refractivity contribution in [2.45, 2.75) is 38.1 Å². The van der Waals surface area contributed by atoms with Gasteiger partial charge in [-0.2, -0.15) is 0 Å². The quantitative estimate of drug-likeness (QED) is 0.694. The molecule has 2 fully saturated rings. The number of carbonyl (C=O) groups is 1. The van der Waals surface area contributed by atoms with Crippen LogP contribution in [0.25, 0.3) is 0 Å². The summed E-state index contributed by atoms with van der Waals surface area (Å²) in [6, 6.07) is 0.788. The molecular formula is C11H20N2OS. The molecule has 0 aromatic carbocycles. The Hall–Kier alpha value is -0.220. The van der Waals surface area contributed by atoms with Crippen molar-refractivity contribution in [1.82, 2.24) is 9.80 Å². The second kappa shape index (κ2) is 5.21. The van der Waals surface area contributed by atoms with Gasteiger partial charge in [0.25, 0.3) is 5.24 Å². The van der Waals surface area contributed by atoms with Crippen LogP contribution in [0.4, 0.5) is 4.79 Å². The first kappa shape index (κ1) is 11.3. The molecule has 0 N–H and O–H groups in total. The van der Waals surface area contributed by atoms with Crippen molar-refractivity contribution in [2.75, 3.05) is 26.2 Å². The molecule has 2 aliphatic rings. The van der Waals surface area contributed by atoms with E-state index in [9.17, 15) is 4.79 Å². The Labute approximate surface area is 97.2 Å². The van der Waals surface area contributed by atoms with Crippen LogP contribution in [0.2, 0.25) is 0 Å². The van der Waals surface area contributed by atoms with Crippen LogP contribution in [0.15, 0.2) is 0 Å². The molecule has 1 saturated carbocycles. The highest BCUT2D eigenvalue weighted by Gasteiger charge is 2.25. The van der Waals surface area contributed by atoms with Gasteiger partial charge < -0.3 is 4.90 Å². The van der Waals surface area contributed by atoms with Crippen LogP contribution >= 0.6 is 12.6 Å². The van der Waals surface area contributed by atoms with Crippen molar-refractivity contribution in [2.24, 2.45) is 0 Å². The lowest BCUT2D eigenvalue weighted by molar-refractivity contribution is 0.0974. The van der Waals surface area contributed by atoms with Gasteiger partial charge in [-0.3, -0.25) is 9.69 Å². The molecule has 2 rings (SSSR count). The standard InChI is InChI=1S/C11H20N2OS/c14-11(15)13-8-6-12(7-9-13)10-4-2-1-3-5-10/h10H,1-9H2,(H,14,15). The number of rotatable bonds is 1. The van der Waals surface area contributed by atoms with Gasteiger partial charge in [0, 0.05) is 32.2 Å². The molecule has 4 heteroatoms. The SMILES string of the molecule is O=C(S)N1CCN(C2CCCCC2)CC1. The molecule has 1 amide bonds. The highest BCUT2D eigenvalue weighted by Crippen LogP contribution is 2.23. The van der Waals surface area contributed by atoms with Crippen LogP contribution in [-0.4, -0.2) is 47.3 Å². The molecule has 0 aromatic rings. The van der Waals surface area contributed by atoms with Gasteiger partial charge in [-0.15, -0.1) is 0 Å². The first-order valence-electron chi connectivity index (χ1n) is 5.99. The summed E-state index contributed by atoms with van der Waals surface area (Å²) in [5, 5.41) is -0.0710. The zero-order valence-electron chi connectivity index (χ0n) is 9.19.